The number of amides is 2. The molecule has 9 heteroatoms. The van der Waals surface area contributed by atoms with Gasteiger partial charge in [0.05, 0.1) is 5.69 Å². The molecule has 1 aromatic carbocycles. The molecule has 4 rings (SSSR count). The zero-order valence-corrected chi connectivity index (χ0v) is 17.1. The van der Waals surface area contributed by atoms with E-state index in [1.807, 2.05) is 11.0 Å². The quantitative estimate of drug-likeness (QED) is 0.793. The van der Waals surface area contributed by atoms with Crippen LogP contribution in [0.15, 0.2) is 35.1 Å². The van der Waals surface area contributed by atoms with E-state index in [4.69, 9.17) is 0 Å². The van der Waals surface area contributed by atoms with Gasteiger partial charge in [0.25, 0.3) is 0 Å². The number of hydrogen-bond donors (Lipinski definition) is 1. The summed E-state index contributed by atoms with van der Waals surface area (Å²) in [4.78, 5) is 39.5. The number of hydrogen-bond acceptors (Lipinski definition) is 5. The zero-order chi connectivity index (χ0) is 20.9. The molecule has 160 valence electrons. The molecule has 2 aliphatic rings. The monoisotopic (exact) mass is 412 g/mol. The van der Waals surface area contributed by atoms with Gasteiger partial charge in [0.1, 0.15) is 6.54 Å². The molecule has 30 heavy (non-hydrogen) atoms. The number of tetrazole rings is 1. The summed E-state index contributed by atoms with van der Waals surface area (Å²) in [7, 11) is 0. The van der Waals surface area contributed by atoms with Gasteiger partial charge in [-0.05, 0) is 48.2 Å². The molecule has 1 aliphatic heterocycles. The summed E-state index contributed by atoms with van der Waals surface area (Å²) in [5.74, 6) is 0.196. The molecule has 1 aliphatic carbocycles. The van der Waals surface area contributed by atoms with Crippen LogP contribution in [0.1, 0.15) is 44.9 Å². The predicted octanol–water partition coefficient (Wildman–Crippen LogP) is 1.12. The number of carbonyl (C=O) groups is 2. The fraction of sp³-hybridized carbons (Fsp3) is 0.571. The van der Waals surface area contributed by atoms with Crippen LogP contribution in [0.4, 0.5) is 0 Å². The van der Waals surface area contributed by atoms with Gasteiger partial charge in [-0.3, -0.25) is 9.59 Å². The Bertz CT molecular complexity index is 924. The molecule has 0 bridgehead atoms. The molecule has 0 radical (unpaired) electrons. The number of nitrogens with zero attached hydrogens (tertiary/aromatic N) is 5. The lowest BCUT2D eigenvalue weighted by atomic mass is 9.87. The molecule has 0 unspecified atom stereocenters. The minimum atomic E-state index is -0.454. The third-order valence-corrected chi connectivity index (χ3v) is 6.06. The first-order valence-corrected chi connectivity index (χ1v) is 10.8. The van der Waals surface area contributed by atoms with E-state index in [2.05, 4.69) is 15.7 Å². The maximum Gasteiger partial charge on any atom is 0.368 e. The number of nitrogens with one attached hydrogen (secondary N) is 1. The van der Waals surface area contributed by atoms with E-state index >= 15 is 0 Å². The summed E-state index contributed by atoms with van der Waals surface area (Å²) < 4.78 is 2.23. The second-order valence-corrected chi connectivity index (χ2v) is 8.17. The number of para-hydroxylation sites is 1. The van der Waals surface area contributed by atoms with E-state index < -0.39 is 5.69 Å². The SMILES string of the molecule is O=C(Cn1nnn(-c2ccccc2)c1=O)NC1CCN(C(=O)C2CCCCC2)CC1. The average Bonchev–Trinajstić information content (AvgIpc) is 3.15. The highest BCUT2D eigenvalue weighted by Crippen LogP contribution is 2.26. The summed E-state index contributed by atoms with van der Waals surface area (Å²) in [6.07, 6.45) is 7.02. The molecule has 0 atom stereocenters. The molecule has 2 heterocycles. The Morgan fingerprint density at radius 3 is 2.37 bits per heavy atom. The number of carbonyl (C=O) groups excluding carboxylic acids is 2. The van der Waals surface area contributed by atoms with E-state index in [0.717, 1.165) is 43.2 Å². The van der Waals surface area contributed by atoms with Crippen molar-refractivity contribution in [2.45, 2.75) is 57.5 Å². The summed E-state index contributed by atoms with van der Waals surface area (Å²) in [6.45, 7) is 1.17. The fourth-order valence-electron chi connectivity index (χ4n) is 4.37. The smallest absolute Gasteiger partial charge is 0.352 e. The number of rotatable bonds is 5. The predicted molar refractivity (Wildman–Crippen MR) is 110 cm³/mol. The Kier molecular flexibility index (Phi) is 6.25. The Balaban J connectivity index is 1.27. The fourth-order valence-corrected chi connectivity index (χ4v) is 4.37. The second kappa shape index (κ2) is 9.23. The molecular weight excluding hydrogens is 384 g/mol. The Morgan fingerprint density at radius 1 is 0.967 bits per heavy atom. The van der Waals surface area contributed by atoms with Crippen LogP contribution in [-0.4, -0.2) is 55.6 Å². The minimum absolute atomic E-state index is 0.00720. The first-order chi connectivity index (χ1) is 14.6. The van der Waals surface area contributed by atoms with E-state index in [1.54, 1.807) is 24.3 Å². The van der Waals surface area contributed by atoms with Crippen LogP contribution in [0, 0.1) is 5.92 Å². The van der Waals surface area contributed by atoms with Crippen molar-refractivity contribution >= 4 is 11.8 Å². The van der Waals surface area contributed by atoms with E-state index in [-0.39, 0.29) is 30.3 Å². The van der Waals surface area contributed by atoms with Crippen LogP contribution in [0.3, 0.4) is 0 Å². The van der Waals surface area contributed by atoms with Crippen LogP contribution in [0.2, 0.25) is 0 Å². The highest BCUT2D eigenvalue weighted by Gasteiger charge is 2.29. The Hall–Kier alpha value is -2.97. The van der Waals surface area contributed by atoms with Gasteiger partial charge >= 0.3 is 5.69 Å². The van der Waals surface area contributed by atoms with Crippen LogP contribution in [0.25, 0.3) is 5.69 Å². The van der Waals surface area contributed by atoms with Crippen molar-refractivity contribution < 1.29 is 9.59 Å². The van der Waals surface area contributed by atoms with Crippen LogP contribution >= 0.6 is 0 Å². The summed E-state index contributed by atoms with van der Waals surface area (Å²) in [6, 6.07) is 8.97. The molecule has 2 aromatic rings. The van der Waals surface area contributed by atoms with Gasteiger partial charge in [0, 0.05) is 25.0 Å². The van der Waals surface area contributed by atoms with Crippen molar-refractivity contribution in [3.8, 4) is 5.69 Å². The molecule has 0 spiro atoms. The van der Waals surface area contributed by atoms with Gasteiger partial charge in [0.15, 0.2) is 0 Å². The molecule has 2 fully saturated rings. The molecule has 9 nitrogen and oxygen atoms in total. The summed E-state index contributed by atoms with van der Waals surface area (Å²) >= 11 is 0. The standard InChI is InChI=1S/C21H28N6O3/c28-19(15-26-21(30)27(24-23-26)18-9-5-2-6-10-18)22-17-11-13-25(14-12-17)20(29)16-7-3-1-4-8-16/h2,5-6,9-10,16-17H,1,3-4,7-8,11-15H2,(H,22,28). The molecule has 2 amide bonds. The maximum absolute atomic E-state index is 12.7. The zero-order valence-electron chi connectivity index (χ0n) is 17.1. The third kappa shape index (κ3) is 4.60. The highest BCUT2D eigenvalue weighted by molar-refractivity contribution is 5.79. The summed E-state index contributed by atoms with van der Waals surface area (Å²) in [5, 5.41) is 10.6. The molecular formula is C21H28N6O3. The van der Waals surface area contributed by atoms with Crippen molar-refractivity contribution in [2.75, 3.05) is 13.1 Å². The maximum atomic E-state index is 12.7. The molecule has 1 saturated carbocycles. The highest BCUT2D eigenvalue weighted by atomic mass is 16.2. The van der Waals surface area contributed by atoms with Gasteiger partial charge in [-0.25, -0.2) is 4.79 Å². The van der Waals surface area contributed by atoms with Gasteiger partial charge in [0.2, 0.25) is 11.8 Å². The van der Waals surface area contributed by atoms with Crippen LogP contribution < -0.4 is 11.0 Å². The topological polar surface area (TPSA) is 102 Å². The third-order valence-electron chi connectivity index (χ3n) is 6.06. The first-order valence-electron chi connectivity index (χ1n) is 10.8. The van der Waals surface area contributed by atoms with Gasteiger partial charge in [-0.1, -0.05) is 37.5 Å². The lowest BCUT2D eigenvalue weighted by Crippen LogP contribution is -2.49. The molecule has 1 aromatic heterocycles. The summed E-state index contributed by atoms with van der Waals surface area (Å²) in [5.41, 5.74) is 0.147. The van der Waals surface area contributed by atoms with Crippen molar-refractivity contribution in [1.29, 1.82) is 0 Å². The average molecular weight is 412 g/mol. The Morgan fingerprint density at radius 2 is 1.67 bits per heavy atom. The second-order valence-electron chi connectivity index (χ2n) is 8.17. The van der Waals surface area contributed by atoms with Crippen molar-refractivity contribution in [3.63, 3.8) is 0 Å². The number of benzene rings is 1. The largest absolute Gasteiger partial charge is 0.368 e. The number of aromatic nitrogens is 4. The van der Waals surface area contributed by atoms with E-state index in [0.29, 0.717) is 18.8 Å². The van der Waals surface area contributed by atoms with Crippen molar-refractivity contribution in [3.05, 3.63) is 40.8 Å². The van der Waals surface area contributed by atoms with Crippen LogP contribution in [-0.2, 0) is 16.1 Å². The van der Waals surface area contributed by atoms with Crippen LogP contribution in [0.5, 0.6) is 0 Å². The molecule has 1 N–H and O–H groups in total. The van der Waals surface area contributed by atoms with Gasteiger partial charge in [-0.2, -0.15) is 9.36 Å². The first kappa shape index (κ1) is 20.3. The Labute approximate surface area is 175 Å². The lowest BCUT2D eigenvalue weighted by Gasteiger charge is -2.35. The normalized spacial score (nSPS) is 18.3. The van der Waals surface area contributed by atoms with E-state index in [1.165, 1.54) is 11.1 Å². The lowest BCUT2D eigenvalue weighted by molar-refractivity contribution is -0.137. The number of likely N-dealkylation sites (tertiary alicyclic amines) is 1. The van der Waals surface area contributed by atoms with Crippen molar-refractivity contribution in [2.24, 2.45) is 5.92 Å². The van der Waals surface area contributed by atoms with E-state index in [9.17, 15) is 14.4 Å². The number of piperidine rings is 1. The molecule has 1 saturated heterocycles. The van der Waals surface area contributed by atoms with Gasteiger partial charge < -0.3 is 10.2 Å². The van der Waals surface area contributed by atoms with Crippen molar-refractivity contribution in [1.82, 2.24) is 30.0 Å². The van der Waals surface area contributed by atoms with Gasteiger partial charge in [-0.15, -0.1) is 0 Å². The minimum Gasteiger partial charge on any atom is -0.352 e.